The second-order valence-electron chi connectivity index (χ2n) is 3.05. The molecule has 8 heteroatoms. The monoisotopic (exact) mass is 262 g/mol. The van der Waals surface area contributed by atoms with Gasteiger partial charge in [-0.2, -0.15) is 18.4 Å². The third kappa shape index (κ3) is 5.40. The summed E-state index contributed by atoms with van der Waals surface area (Å²) in [6, 6.07) is 3.34. The van der Waals surface area contributed by atoms with Gasteiger partial charge in [-0.3, -0.25) is 0 Å². The molecule has 0 unspecified atom stereocenters. The summed E-state index contributed by atoms with van der Waals surface area (Å²) >= 11 is -0.116. The second kappa shape index (κ2) is 5.72. The first kappa shape index (κ1) is 13.6. The summed E-state index contributed by atoms with van der Waals surface area (Å²) in [6.45, 7) is 1.76. The molecule has 0 spiro atoms. The maximum absolute atomic E-state index is 11.8. The third-order valence-electron chi connectivity index (χ3n) is 1.62. The van der Waals surface area contributed by atoms with Crippen molar-refractivity contribution in [2.45, 2.75) is 12.4 Å². The van der Waals surface area contributed by atoms with Gasteiger partial charge in [0.2, 0.25) is 5.95 Å². The first-order valence-corrected chi connectivity index (χ1v) is 5.59. The molecule has 0 saturated carbocycles. The van der Waals surface area contributed by atoms with Gasteiger partial charge in [0.1, 0.15) is 11.8 Å². The molecular weight excluding hydrogens is 253 g/mol. The van der Waals surface area contributed by atoms with Crippen molar-refractivity contribution >= 4 is 17.7 Å². The van der Waals surface area contributed by atoms with Crippen molar-refractivity contribution in [2.24, 2.45) is 0 Å². The number of anilines is 1. The Morgan fingerprint density at radius 1 is 1.47 bits per heavy atom. The van der Waals surface area contributed by atoms with E-state index in [1.54, 1.807) is 6.92 Å². The number of nitrogens with zero attached hydrogens (tertiary/aromatic N) is 3. The Labute approximate surface area is 100 Å². The van der Waals surface area contributed by atoms with E-state index in [0.717, 1.165) is 0 Å². The molecule has 17 heavy (non-hydrogen) atoms. The number of thioether (sulfide) groups is 1. The molecule has 1 aromatic rings. The van der Waals surface area contributed by atoms with E-state index >= 15 is 0 Å². The Bertz CT molecular complexity index is 427. The van der Waals surface area contributed by atoms with Crippen LogP contribution in [0, 0.1) is 18.3 Å². The van der Waals surface area contributed by atoms with E-state index in [9.17, 15) is 13.2 Å². The van der Waals surface area contributed by atoms with E-state index in [1.165, 1.54) is 6.07 Å². The highest BCUT2D eigenvalue weighted by molar-refractivity contribution is 8.00. The number of hydrogen-bond acceptors (Lipinski definition) is 5. The van der Waals surface area contributed by atoms with Crippen LogP contribution in [0.2, 0.25) is 0 Å². The summed E-state index contributed by atoms with van der Waals surface area (Å²) in [7, 11) is 0. The molecule has 0 aliphatic heterocycles. The number of alkyl halides is 3. The van der Waals surface area contributed by atoms with Gasteiger partial charge in [0.15, 0.2) is 0 Å². The molecule has 1 rings (SSSR count). The molecule has 0 radical (unpaired) electrons. The fourth-order valence-corrected chi connectivity index (χ4v) is 1.47. The largest absolute Gasteiger partial charge is 0.441 e. The molecule has 0 bridgehead atoms. The van der Waals surface area contributed by atoms with Gasteiger partial charge in [-0.15, -0.1) is 0 Å². The Morgan fingerprint density at radius 2 is 2.18 bits per heavy atom. The third-order valence-corrected chi connectivity index (χ3v) is 2.36. The van der Waals surface area contributed by atoms with Crippen molar-refractivity contribution in [3.05, 3.63) is 17.5 Å². The van der Waals surface area contributed by atoms with Crippen LogP contribution in [0.3, 0.4) is 0 Å². The van der Waals surface area contributed by atoms with Gasteiger partial charge in [-0.1, -0.05) is 0 Å². The summed E-state index contributed by atoms with van der Waals surface area (Å²) in [5, 5.41) is 11.3. The molecule has 0 amide bonds. The molecule has 0 atom stereocenters. The van der Waals surface area contributed by atoms with Crippen molar-refractivity contribution in [3.63, 3.8) is 0 Å². The van der Waals surface area contributed by atoms with Crippen LogP contribution in [0.4, 0.5) is 19.1 Å². The van der Waals surface area contributed by atoms with Gasteiger partial charge in [-0.25, -0.2) is 9.97 Å². The van der Waals surface area contributed by atoms with Gasteiger partial charge >= 0.3 is 5.51 Å². The molecule has 0 fully saturated rings. The van der Waals surface area contributed by atoms with Crippen LogP contribution in [-0.4, -0.2) is 27.8 Å². The van der Waals surface area contributed by atoms with Gasteiger partial charge < -0.3 is 5.32 Å². The molecule has 0 aromatic carbocycles. The summed E-state index contributed by atoms with van der Waals surface area (Å²) in [4.78, 5) is 7.76. The first-order valence-electron chi connectivity index (χ1n) is 4.61. The molecule has 1 heterocycles. The minimum atomic E-state index is -4.23. The van der Waals surface area contributed by atoms with Gasteiger partial charge in [0.05, 0.1) is 0 Å². The summed E-state index contributed by atoms with van der Waals surface area (Å²) in [6.07, 6.45) is 0. The van der Waals surface area contributed by atoms with Crippen LogP contribution < -0.4 is 5.32 Å². The van der Waals surface area contributed by atoms with Gasteiger partial charge in [0, 0.05) is 18.0 Å². The number of aryl methyl sites for hydroxylation is 1. The Morgan fingerprint density at radius 3 is 2.76 bits per heavy atom. The lowest BCUT2D eigenvalue weighted by Crippen LogP contribution is -2.12. The molecule has 92 valence electrons. The Hall–Kier alpha value is -1.49. The standard InChI is InChI=1S/C9H9F3N4S/c1-6-4-7(5-13)16-8(15-6)14-2-3-17-9(10,11)12/h4H,2-3H2,1H3,(H,14,15,16). The second-order valence-corrected chi connectivity index (χ2v) is 4.21. The maximum atomic E-state index is 11.8. The number of rotatable bonds is 4. The quantitative estimate of drug-likeness (QED) is 0.844. The highest BCUT2D eigenvalue weighted by atomic mass is 32.2. The molecule has 0 saturated heterocycles. The predicted molar refractivity (Wildman–Crippen MR) is 58.5 cm³/mol. The van der Waals surface area contributed by atoms with Crippen molar-refractivity contribution < 1.29 is 13.2 Å². The van der Waals surface area contributed by atoms with Crippen LogP contribution in [0.15, 0.2) is 6.07 Å². The fourth-order valence-electron chi connectivity index (χ4n) is 1.03. The van der Waals surface area contributed by atoms with Crippen LogP contribution in [0.5, 0.6) is 0 Å². The number of nitriles is 1. The summed E-state index contributed by atoms with van der Waals surface area (Å²) in [5.74, 6) is 0.0344. The molecule has 0 aliphatic rings. The lowest BCUT2D eigenvalue weighted by molar-refractivity contribution is -0.0327. The molecule has 1 aromatic heterocycles. The van der Waals surface area contributed by atoms with Crippen LogP contribution in [0.25, 0.3) is 0 Å². The molecule has 1 N–H and O–H groups in total. The van der Waals surface area contributed by atoms with Crippen molar-refractivity contribution in [2.75, 3.05) is 17.6 Å². The number of halogens is 3. The van der Waals surface area contributed by atoms with Crippen LogP contribution in [0.1, 0.15) is 11.4 Å². The van der Waals surface area contributed by atoms with Crippen molar-refractivity contribution in [1.82, 2.24) is 9.97 Å². The zero-order valence-electron chi connectivity index (χ0n) is 8.88. The van der Waals surface area contributed by atoms with Crippen molar-refractivity contribution in [3.8, 4) is 6.07 Å². The topological polar surface area (TPSA) is 61.6 Å². The Kier molecular flexibility index (Phi) is 4.57. The van der Waals surface area contributed by atoms with Gasteiger partial charge in [0.25, 0.3) is 0 Å². The lowest BCUT2D eigenvalue weighted by Gasteiger charge is -2.07. The average molecular weight is 262 g/mol. The highest BCUT2D eigenvalue weighted by Crippen LogP contribution is 2.29. The minimum Gasteiger partial charge on any atom is -0.353 e. The lowest BCUT2D eigenvalue weighted by atomic mass is 10.3. The first-order chi connectivity index (χ1) is 7.90. The van der Waals surface area contributed by atoms with E-state index in [0.29, 0.717) is 5.69 Å². The minimum absolute atomic E-state index is 0.0818. The fraction of sp³-hybridized carbons (Fsp3) is 0.444. The zero-order chi connectivity index (χ0) is 12.9. The van der Waals surface area contributed by atoms with E-state index < -0.39 is 5.51 Å². The maximum Gasteiger partial charge on any atom is 0.441 e. The number of aromatic nitrogens is 2. The van der Waals surface area contributed by atoms with Crippen LogP contribution in [-0.2, 0) is 0 Å². The van der Waals surface area contributed by atoms with Crippen molar-refractivity contribution in [1.29, 1.82) is 5.26 Å². The van der Waals surface area contributed by atoms with E-state index in [-0.39, 0.29) is 35.7 Å². The highest BCUT2D eigenvalue weighted by Gasteiger charge is 2.27. The zero-order valence-corrected chi connectivity index (χ0v) is 9.69. The number of nitrogens with one attached hydrogen (secondary N) is 1. The smallest absolute Gasteiger partial charge is 0.353 e. The van der Waals surface area contributed by atoms with E-state index in [4.69, 9.17) is 5.26 Å². The molecular formula is C9H9F3N4S. The predicted octanol–water partition coefficient (Wildman–Crippen LogP) is 2.32. The normalized spacial score (nSPS) is 11.0. The van der Waals surface area contributed by atoms with Crippen LogP contribution >= 0.6 is 11.8 Å². The average Bonchev–Trinajstić information content (AvgIpc) is 2.22. The van der Waals surface area contributed by atoms with E-state index in [1.807, 2.05) is 6.07 Å². The van der Waals surface area contributed by atoms with E-state index in [2.05, 4.69) is 15.3 Å². The molecule has 4 nitrogen and oxygen atoms in total. The SMILES string of the molecule is Cc1cc(C#N)nc(NCCSC(F)(F)F)n1. The molecule has 0 aliphatic carbocycles. The Balaban J connectivity index is 2.47. The van der Waals surface area contributed by atoms with Gasteiger partial charge in [-0.05, 0) is 24.8 Å². The number of hydrogen-bond donors (Lipinski definition) is 1. The summed E-state index contributed by atoms with van der Waals surface area (Å²) < 4.78 is 35.5. The summed E-state index contributed by atoms with van der Waals surface area (Å²) in [5.41, 5.74) is -3.46.